The highest BCUT2D eigenvalue weighted by Gasteiger charge is 2.46. The molecule has 0 aromatic heterocycles. The van der Waals surface area contributed by atoms with Crippen molar-refractivity contribution in [1.82, 2.24) is 4.90 Å². The summed E-state index contributed by atoms with van der Waals surface area (Å²) in [4.78, 5) is 13.9. The lowest BCUT2D eigenvalue weighted by Crippen LogP contribution is -2.34. The molecular weight excluding hydrogens is 288 g/mol. The minimum atomic E-state index is -0.644. The first-order valence-corrected chi connectivity index (χ1v) is 7.06. The van der Waals surface area contributed by atoms with Crippen molar-refractivity contribution in [2.24, 2.45) is 5.92 Å². The fourth-order valence-corrected chi connectivity index (χ4v) is 2.55. The summed E-state index contributed by atoms with van der Waals surface area (Å²) in [5.41, 5.74) is 0.347. The van der Waals surface area contributed by atoms with Crippen LogP contribution in [0.25, 0.3) is 0 Å². The van der Waals surface area contributed by atoms with Gasteiger partial charge in [-0.2, -0.15) is 10.5 Å². The Labute approximate surface area is 127 Å². The van der Waals surface area contributed by atoms with Gasteiger partial charge < -0.3 is 4.90 Å². The van der Waals surface area contributed by atoms with Gasteiger partial charge in [-0.15, -0.1) is 0 Å². The average molecular weight is 303 g/mol. The Morgan fingerprint density at radius 1 is 1.23 bits per heavy atom. The lowest BCUT2D eigenvalue weighted by atomic mass is 10.1. The number of hydrogen-bond donors (Lipinski definition) is 0. The Hall–Kier alpha value is -2.47. The summed E-state index contributed by atoms with van der Waals surface area (Å²) in [6.07, 6.45) is 0.899. The monoisotopic (exact) mass is 303 g/mol. The van der Waals surface area contributed by atoms with Gasteiger partial charge in [-0.05, 0) is 24.0 Å². The molecule has 22 heavy (non-hydrogen) atoms. The molecule has 0 radical (unpaired) electrons. The van der Waals surface area contributed by atoms with Crippen LogP contribution in [0.5, 0.6) is 0 Å². The fourth-order valence-electron chi connectivity index (χ4n) is 2.55. The third kappa shape index (κ3) is 3.59. The summed E-state index contributed by atoms with van der Waals surface area (Å²) in [7, 11) is 0. The van der Waals surface area contributed by atoms with E-state index in [1.54, 1.807) is 0 Å². The molecule has 0 heterocycles. The maximum absolute atomic E-state index is 13.7. The van der Waals surface area contributed by atoms with Crippen LogP contribution in [0.1, 0.15) is 30.7 Å². The third-order valence-electron chi connectivity index (χ3n) is 3.77. The number of amides is 1. The van der Waals surface area contributed by atoms with Gasteiger partial charge in [-0.25, -0.2) is 8.78 Å². The molecule has 0 N–H and O–H groups in total. The van der Waals surface area contributed by atoms with Crippen LogP contribution in [0.3, 0.4) is 0 Å². The maximum Gasteiger partial charge on any atom is 0.226 e. The molecule has 1 fully saturated rings. The number of halogens is 2. The fraction of sp³-hybridized carbons (Fsp3) is 0.438. The van der Waals surface area contributed by atoms with E-state index in [-0.39, 0.29) is 43.7 Å². The molecule has 0 bridgehead atoms. The van der Waals surface area contributed by atoms with Crippen molar-refractivity contribution >= 4 is 5.91 Å². The van der Waals surface area contributed by atoms with Gasteiger partial charge in [0.25, 0.3) is 0 Å². The number of hydrogen-bond acceptors (Lipinski definition) is 3. The van der Waals surface area contributed by atoms with E-state index in [0.29, 0.717) is 12.0 Å². The zero-order valence-electron chi connectivity index (χ0n) is 11.9. The Kier molecular flexibility index (Phi) is 5.06. The Balaban J connectivity index is 2.04. The van der Waals surface area contributed by atoms with E-state index < -0.39 is 11.6 Å². The van der Waals surface area contributed by atoms with Crippen LogP contribution in [-0.2, 0) is 4.79 Å². The van der Waals surface area contributed by atoms with Crippen LogP contribution in [-0.4, -0.2) is 23.9 Å². The Morgan fingerprint density at radius 3 is 2.41 bits per heavy atom. The van der Waals surface area contributed by atoms with Gasteiger partial charge in [-0.3, -0.25) is 4.79 Å². The van der Waals surface area contributed by atoms with Gasteiger partial charge in [0.05, 0.1) is 25.0 Å². The van der Waals surface area contributed by atoms with E-state index >= 15 is 0 Å². The summed E-state index contributed by atoms with van der Waals surface area (Å²) in [5.74, 6) is -2.05. The molecule has 0 saturated heterocycles. The number of benzene rings is 1. The summed E-state index contributed by atoms with van der Waals surface area (Å²) in [6.45, 7) is 0.540. The van der Waals surface area contributed by atoms with Crippen LogP contribution in [0.4, 0.5) is 8.78 Å². The first-order valence-electron chi connectivity index (χ1n) is 7.06. The smallest absolute Gasteiger partial charge is 0.226 e. The lowest BCUT2D eigenvalue weighted by molar-refractivity contribution is -0.132. The molecule has 0 spiro atoms. The second-order valence-electron chi connectivity index (χ2n) is 5.26. The van der Waals surface area contributed by atoms with Crippen LogP contribution in [0.2, 0.25) is 0 Å². The van der Waals surface area contributed by atoms with Crippen molar-refractivity contribution in [3.63, 3.8) is 0 Å². The number of nitrogens with zero attached hydrogens (tertiary/aromatic N) is 3. The highest BCUT2D eigenvalue weighted by Crippen LogP contribution is 2.49. The van der Waals surface area contributed by atoms with Gasteiger partial charge in [0, 0.05) is 25.1 Å². The van der Waals surface area contributed by atoms with Gasteiger partial charge in [0.1, 0.15) is 11.6 Å². The van der Waals surface area contributed by atoms with Gasteiger partial charge in [-0.1, -0.05) is 6.07 Å². The second kappa shape index (κ2) is 7.00. The minimum absolute atomic E-state index is 0.167. The van der Waals surface area contributed by atoms with Gasteiger partial charge in [0.15, 0.2) is 0 Å². The molecule has 1 amide bonds. The van der Waals surface area contributed by atoms with E-state index in [2.05, 4.69) is 0 Å². The lowest BCUT2D eigenvalue weighted by Gasteiger charge is -2.20. The molecule has 0 aliphatic heterocycles. The molecule has 0 unspecified atom stereocenters. The molecule has 1 saturated carbocycles. The van der Waals surface area contributed by atoms with E-state index in [9.17, 15) is 13.6 Å². The highest BCUT2D eigenvalue weighted by atomic mass is 19.1. The highest BCUT2D eigenvalue weighted by molar-refractivity contribution is 5.83. The number of nitriles is 2. The van der Waals surface area contributed by atoms with E-state index in [1.165, 1.54) is 17.0 Å². The van der Waals surface area contributed by atoms with Gasteiger partial charge in [0.2, 0.25) is 5.91 Å². The van der Waals surface area contributed by atoms with Crippen molar-refractivity contribution in [3.05, 3.63) is 35.4 Å². The standard InChI is InChI=1S/C16H15F2N3O/c17-11-3-4-12(15(18)9-11)13-10-14(13)16(22)21(7-1-5-19)8-2-6-20/h3-4,9,13-14H,1-2,7-8,10H2/t13-,14+/m0/s1. The van der Waals surface area contributed by atoms with Crippen molar-refractivity contribution in [2.45, 2.75) is 25.2 Å². The number of rotatable bonds is 6. The molecule has 1 aliphatic rings. The van der Waals surface area contributed by atoms with Gasteiger partial charge >= 0.3 is 0 Å². The zero-order chi connectivity index (χ0) is 16.1. The summed E-state index contributed by atoms with van der Waals surface area (Å²) < 4.78 is 26.7. The average Bonchev–Trinajstić information content (AvgIpc) is 3.27. The van der Waals surface area contributed by atoms with Crippen molar-refractivity contribution in [2.75, 3.05) is 13.1 Å². The normalized spacial score (nSPS) is 19.1. The molecule has 1 aliphatic carbocycles. The maximum atomic E-state index is 13.7. The summed E-state index contributed by atoms with van der Waals surface area (Å²) in [6, 6.07) is 7.31. The van der Waals surface area contributed by atoms with Crippen LogP contribution in [0, 0.1) is 40.2 Å². The molecule has 4 nitrogen and oxygen atoms in total. The van der Waals surface area contributed by atoms with Crippen LogP contribution in [0.15, 0.2) is 18.2 Å². The second-order valence-corrected chi connectivity index (χ2v) is 5.26. The van der Waals surface area contributed by atoms with Crippen molar-refractivity contribution in [1.29, 1.82) is 10.5 Å². The largest absolute Gasteiger partial charge is 0.340 e. The molecular formula is C16H15F2N3O. The molecule has 2 atom stereocenters. The molecule has 114 valence electrons. The molecule has 1 aromatic carbocycles. The van der Waals surface area contributed by atoms with Crippen LogP contribution >= 0.6 is 0 Å². The Bertz CT molecular complexity index is 630. The first kappa shape index (κ1) is 15.9. The number of carbonyl (C=O) groups is 1. The first-order chi connectivity index (χ1) is 10.6. The van der Waals surface area contributed by atoms with Crippen molar-refractivity contribution < 1.29 is 13.6 Å². The SMILES string of the molecule is N#CCCN(CCC#N)C(=O)[C@@H]1C[C@H]1c1ccc(F)cc1F. The zero-order valence-corrected chi connectivity index (χ0v) is 11.9. The Morgan fingerprint density at radius 2 is 1.86 bits per heavy atom. The van der Waals surface area contributed by atoms with Crippen molar-refractivity contribution in [3.8, 4) is 12.1 Å². The predicted molar refractivity (Wildman–Crippen MR) is 74.2 cm³/mol. The summed E-state index contributed by atoms with van der Waals surface area (Å²) in [5, 5.41) is 17.3. The van der Waals surface area contributed by atoms with Crippen LogP contribution < -0.4 is 0 Å². The predicted octanol–water partition coefficient (Wildman–Crippen LogP) is 2.72. The molecule has 6 heteroatoms. The van der Waals surface area contributed by atoms with E-state index in [0.717, 1.165) is 6.07 Å². The minimum Gasteiger partial charge on any atom is -0.340 e. The quantitative estimate of drug-likeness (QED) is 0.811. The topological polar surface area (TPSA) is 67.9 Å². The summed E-state index contributed by atoms with van der Waals surface area (Å²) >= 11 is 0. The number of carbonyl (C=O) groups excluding carboxylic acids is 1. The molecule has 1 aromatic rings. The third-order valence-corrected chi connectivity index (χ3v) is 3.77. The van der Waals surface area contributed by atoms with E-state index in [1.807, 2.05) is 12.1 Å². The molecule has 2 rings (SSSR count). The van der Waals surface area contributed by atoms with E-state index in [4.69, 9.17) is 10.5 Å².